The number of nitrogens with two attached hydrogens (primary N) is 1. The van der Waals surface area contributed by atoms with Gasteiger partial charge in [0.05, 0.1) is 6.54 Å². The number of nitrogen functional groups attached to an aromatic ring is 1. The van der Waals surface area contributed by atoms with Gasteiger partial charge in [0, 0.05) is 30.1 Å². The minimum Gasteiger partial charge on any atom is -0.383 e. The third-order valence-corrected chi connectivity index (χ3v) is 4.34. The van der Waals surface area contributed by atoms with E-state index in [1.54, 1.807) is 24.0 Å². The summed E-state index contributed by atoms with van der Waals surface area (Å²) in [7, 11) is -1.94. The topological polar surface area (TPSA) is 103 Å². The van der Waals surface area contributed by atoms with Gasteiger partial charge in [0.15, 0.2) is 0 Å². The molecule has 0 radical (unpaired) electrons. The normalized spacial score (nSPS) is 11.7. The Kier molecular flexibility index (Phi) is 3.88. The number of pyridine rings is 1. The number of nitrogens with zero attached hydrogens (tertiary/aromatic N) is 3. The highest BCUT2D eigenvalue weighted by atomic mass is 79.9. The zero-order chi connectivity index (χ0) is 14.0. The number of aryl methyl sites for hydroxylation is 1. The Labute approximate surface area is 119 Å². The van der Waals surface area contributed by atoms with Crippen molar-refractivity contribution in [2.45, 2.75) is 11.4 Å². The van der Waals surface area contributed by atoms with E-state index in [1.807, 2.05) is 0 Å². The summed E-state index contributed by atoms with van der Waals surface area (Å²) in [5, 5.41) is 0. The van der Waals surface area contributed by atoms with Gasteiger partial charge in [-0.15, -0.1) is 0 Å². The molecule has 0 fully saturated rings. The first-order valence-electron chi connectivity index (χ1n) is 5.27. The van der Waals surface area contributed by atoms with Crippen LogP contribution < -0.4 is 10.5 Å². The average molecular weight is 346 g/mol. The molecule has 0 saturated carbocycles. The van der Waals surface area contributed by atoms with E-state index in [2.05, 4.69) is 30.6 Å². The number of anilines is 1. The molecular formula is C10H12BrN5O2S. The lowest BCUT2D eigenvalue weighted by atomic mass is 10.5. The Hall–Kier alpha value is -1.45. The Bertz CT molecular complexity index is 698. The number of hydrogen-bond acceptors (Lipinski definition) is 5. The van der Waals surface area contributed by atoms with Crippen LogP contribution >= 0.6 is 15.9 Å². The van der Waals surface area contributed by atoms with Gasteiger partial charge in [0.1, 0.15) is 16.5 Å². The molecule has 3 N–H and O–H groups in total. The van der Waals surface area contributed by atoms with Crippen LogP contribution in [0.25, 0.3) is 0 Å². The van der Waals surface area contributed by atoms with Crippen molar-refractivity contribution in [3.05, 3.63) is 35.0 Å². The largest absolute Gasteiger partial charge is 0.383 e. The molecular weight excluding hydrogens is 334 g/mol. The molecule has 0 aliphatic heterocycles. The SMILES string of the molecule is Cn1ccnc1CNS(=O)(=O)c1cc(Br)cnc1N. The molecule has 19 heavy (non-hydrogen) atoms. The van der Waals surface area contributed by atoms with Gasteiger partial charge in [-0.1, -0.05) is 0 Å². The molecule has 0 aliphatic carbocycles. The summed E-state index contributed by atoms with van der Waals surface area (Å²) in [5.41, 5.74) is 5.58. The van der Waals surface area contributed by atoms with E-state index in [0.717, 1.165) is 0 Å². The summed E-state index contributed by atoms with van der Waals surface area (Å²) in [6.45, 7) is 0.0811. The van der Waals surface area contributed by atoms with Crippen LogP contribution in [0.1, 0.15) is 5.82 Å². The van der Waals surface area contributed by atoms with E-state index in [4.69, 9.17) is 5.73 Å². The molecule has 0 spiro atoms. The quantitative estimate of drug-likeness (QED) is 0.846. The number of imidazole rings is 1. The van der Waals surface area contributed by atoms with Gasteiger partial charge in [-0.2, -0.15) is 0 Å². The van der Waals surface area contributed by atoms with E-state index in [1.165, 1.54) is 12.3 Å². The fourth-order valence-corrected chi connectivity index (χ4v) is 3.02. The molecule has 0 atom stereocenters. The number of nitrogens with one attached hydrogen (secondary N) is 1. The zero-order valence-electron chi connectivity index (χ0n) is 10.0. The Balaban J connectivity index is 2.23. The van der Waals surface area contributed by atoms with Crippen LogP contribution in [0.2, 0.25) is 0 Å². The van der Waals surface area contributed by atoms with Gasteiger partial charge in [-0.25, -0.2) is 23.1 Å². The number of rotatable bonds is 4. The Morgan fingerprint density at radius 3 is 2.84 bits per heavy atom. The molecule has 0 aromatic carbocycles. The van der Waals surface area contributed by atoms with Gasteiger partial charge in [-0.05, 0) is 22.0 Å². The van der Waals surface area contributed by atoms with Crippen LogP contribution in [0.15, 0.2) is 34.0 Å². The molecule has 7 nitrogen and oxygen atoms in total. The minimum atomic E-state index is -3.73. The van der Waals surface area contributed by atoms with Gasteiger partial charge >= 0.3 is 0 Å². The third kappa shape index (κ3) is 3.11. The molecule has 0 saturated heterocycles. The first-order valence-corrected chi connectivity index (χ1v) is 7.54. The van der Waals surface area contributed by atoms with Crippen LogP contribution in [0.5, 0.6) is 0 Å². The first kappa shape index (κ1) is 14.0. The monoisotopic (exact) mass is 345 g/mol. The molecule has 0 bridgehead atoms. The van der Waals surface area contributed by atoms with Gasteiger partial charge in [0.2, 0.25) is 10.0 Å². The molecule has 0 aliphatic rings. The lowest BCUT2D eigenvalue weighted by Gasteiger charge is -2.08. The van der Waals surface area contributed by atoms with Crippen molar-refractivity contribution in [1.82, 2.24) is 19.3 Å². The fourth-order valence-electron chi connectivity index (χ4n) is 1.45. The molecule has 2 rings (SSSR count). The Morgan fingerprint density at radius 1 is 1.47 bits per heavy atom. The van der Waals surface area contributed by atoms with Crippen LogP contribution in [-0.2, 0) is 23.6 Å². The molecule has 2 aromatic rings. The summed E-state index contributed by atoms with van der Waals surface area (Å²) < 4.78 is 28.9. The first-order chi connectivity index (χ1) is 8.90. The average Bonchev–Trinajstić information content (AvgIpc) is 2.75. The van der Waals surface area contributed by atoms with Gasteiger partial charge in [-0.3, -0.25) is 0 Å². The molecule has 0 unspecified atom stereocenters. The van der Waals surface area contributed by atoms with E-state index in [0.29, 0.717) is 10.3 Å². The highest BCUT2D eigenvalue weighted by Crippen LogP contribution is 2.20. The van der Waals surface area contributed by atoms with Crippen LogP contribution in [0, 0.1) is 0 Å². The van der Waals surface area contributed by atoms with Crippen molar-refractivity contribution >= 4 is 31.8 Å². The van der Waals surface area contributed by atoms with Crippen molar-refractivity contribution in [3.8, 4) is 0 Å². The van der Waals surface area contributed by atoms with Crippen LogP contribution in [0.4, 0.5) is 5.82 Å². The van der Waals surface area contributed by atoms with Crippen LogP contribution in [-0.4, -0.2) is 23.0 Å². The summed E-state index contributed by atoms with van der Waals surface area (Å²) in [5.74, 6) is 0.556. The summed E-state index contributed by atoms with van der Waals surface area (Å²) >= 11 is 3.16. The van der Waals surface area contributed by atoms with Crippen molar-refractivity contribution in [2.24, 2.45) is 7.05 Å². The van der Waals surface area contributed by atoms with E-state index >= 15 is 0 Å². The summed E-state index contributed by atoms with van der Waals surface area (Å²) in [6, 6.07) is 1.41. The molecule has 2 aromatic heterocycles. The Morgan fingerprint density at radius 2 is 2.21 bits per heavy atom. The summed E-state index contributed by atoms with van der Waals surface area (Å²) in [4.78, 5) is 7.77. The molecule has 102 valence electrons. The lowest BCUT2D eigenvalue weighted by Crippen LogP contribution is -2.25. The second-order valence-electron chi connectivity index (χ2n) is 3.82. The second-order valence-corrected chi connectivity index (χ2v) is 6.47. The standard InChI is InChI=1S/C10H12BrN5O2S/c1-16-3-2-13-9(16)6-15-19(17,18)8-4-7(11)5-14-10(8)12/h2-5,15H,6H2,1H3,(H2,12,14). The lowest BCUT2D eigenvalue weighted by molar-refractivity contribution is 0.577. The zero-order valence-corrected chi connectivity index (χ0v) is 12.4. The maximum absolute atomic E-state index is 12.1. The molecule has 2 heterocycles. The van der Waals surface area contributed by atoms with E-state index in [-0.39, 0.29) is 17.3 Å². The minimum absolute atomic E-state index is 0.0458. The third-order valence-electron chi connectivity index (χ3n) is 2.48. The van der Waals surface area contributed by atoms with Crippen LogP contribution in [0.3, 0.4) is 0 Å². The van der Waals surface area contributed by atoms with Crippen molar-refractivity contribution in [1.29, 1.82) is 0 Å². The molecule has 9 heteroatoms. The van der Waals surface area contributed by atoms with Crippen molar-refractivity contribution in [3.63, 3.8) is 0 Å². The van der Waals surface area contributed by atoms with Gasteiger partial charge < -0.3 is 10.3 Å². The maximum atomic E-state index is 12.1. The molecule has 0 amide bonds. The number of aromatic nitrogens is 3. The highest BCUT2D eigenvalue weighted by molar-refractivity contribution is 9.10. The maximum Gasteiger partial charge on any atom is 0.244 e. The van der Waals surface area contributed by atoms with E-state index < -0.39 is 10.0 Å². The number of sulfonamides is 1. The smallest absolute Gasteiger partial charge is 0.244 e. The predicted octanol–water partition coefficient (Wildman–Crippen LogP) is 0.638. The summed E-state index contributed by atoms with van der Waals surface area (Å²) in [6.07, 6.45) is 4.77. The van der Waals surface area contributed by atoms with Crippen molar-refractivity contribution < 1.29 is 8.42 Å². The van der Waals surface area contributed by atoms with E-state index in [9.17, 15) is 8.42 Å². The van der Waals surface area contributed by atoms with Gasteiger partial charge in [0.25, 0.3) is 0 Å². The fraction of sp³-hybridized carbons (Fsp3) is 0.200. The second kappa shape index (κ2) is 5.27. The number of halogens is 1. The number of hydrogen-bond donors (Lipinski definition) is 2. The predicted molar refractivity (Wildman–Crippen MR) is 73.6 cm³/mol. The highest BCUT2D eigenvalue weighted by Gasteiger charge is 2.19. The van der Waals surface area contributed by atoms with Crippen molar-refractivity contribution in [2.75, 3.05) is 5.73 Å².